The Morgan fingerprint density at radius 1 is 1.18 bits per heavy atom. The third-order valence-electron chi connectivity index (χ3n) is 3.95. The Morgan fingerprint density at radius 2 is 1.73 bits per heavy atom. The maximum Gasteiger partial charge on any atom is 0.336 e. The van der Waals surface area contributed by atoms with Gasteiger partial charge in [-0.3, -0.25) is 0 Å². The lowest BCUT2D eigenvalue weighted by atomic mass is 9.84. The Balaban J connectivity index is 3.26. The molecule has 0 fully saturated rings. The minimum atomic E-state index is -0.838. The van der Waals surface area contributed by atoms with Crippen LogP contribution in [0.3, 0.4) is 0 Å². The maximum atomic E-state index is 12.3. The first-order chi connectivity index (χ1) is 10.1. The smallest absolute Gasteiger partial charge is 0.336 e. The standard InChI is InChI=1S/C15H25N3O4/c1-6-8-17-12(20)16(5)13(21)18(14(17)22)10-11(19)9-15(3,4)7-2/h6,11,19H,1,7-10H2,2-5H3. The van der Waals surface area contributed by atoms with Gasteiger partial charge in [0.1, 0.15) is 0 Å². The fraction of sp³-hybridized carbons (Fsp3) is 0.667. The van der Waals surface area contributed by atoms with Gasteiger partial charge >= 0.3 is 17.1 Å². The lowest BCUT2D eigenvalue weighted by molar-refractivity contribution is 0.0924. The van der Waals surface area contributed by atoms with Crippen LogP contribution in [0.2, 0.25) is 0 Å². The highest BCUT2D eigenvalue weighted by atomic mass is 16.3. The number of aliphatic hydroxyl groups is 1. The molecule has 1 aromatic rings. The molecule has 1 N–H and O–H groups in total. The average Bonchev–Trinajstić information content (AvgIpc) is 2.45. The average molecular weight is 311 g/mol. The summed E-state index contributed by atoms with van der Waals surface area (Å²) >= 11 is 0. The zero-order valence-corrected chi connectivity index (χ0v) is 13.7. The van der Waals surface area contributed by atoms with E-state index >= 15 is 0 Å². The van der Waals surface area contributed by atoms with Crippen LogP contribution >= 0.6 is 0 Å². The Bertz CT molecular complexity index is 709. The fourth-order valence-corrected chi connectivity index (χ4v) is 2.25. The predicted molar refractivity (Wildman–Crippen MR) is 85.1 cm³/mol. The van der Waals surface area contributed by atoms with Gasteiger partial charge in [-0.15, -0.1) is 6.58 Å². The third kappa shape index (κ3) is 3.85. The van der Waals surface area contributed by atoms with Crippen LogP contribution in [0.25, 0.3) is 0 Å². The minimum absolute atomic E-state index is 0.0162. The molecule has 7 nitrogen and oxygen atoms in total. The molecule has 22 heavy (non-hydrogen) atoms. The molecule has 0 saturated carbocycles. The van der Waals surface area contributed by atoms with E-state index in [4.69, 9.17) is 0 Å². The summed E-state index contributed by atoms with van der Waals surface area (Å²) in [6, 6.07) is 0. The van der Waals surface area contributed by atoms with E-state index in [9.17, 15) is 19.5 Å². The Labute approximate surface area is 129 Å². The normalized spacial score (nSPS) is 13.1. The highest BCUT2D eigenvalue weighted by Gasteiger charge is 2.22. The van der Waals surface area contributed by atoms with Gasteiger partial charge in [0.05, 0.1) is 19.2 Å². The van der Waals surface area contributed by atoms with Gasteiger partial charge in [0, 0.05) is 7.05 Å². The molecule has 0 radical (unpaired) electrons. The van der Waals surface area contributed by atoms with Crippen molar-refractivity contribution in [3.8, 4) is 0 Å². The monoisotopic (exact) mass is 311 g/mol. The van der Waals surface area contributed by atoms with Gasteiger partial charge in [-0.05, 0) is 11.8 Å². The van der Waals surface area contributed by atoms with Gasteiger partial charge in [0.2, 0.25) is 0 Å². The second kappa shape index (κ2) is 6.91. The third-order valence-corrected chi connectivity index (χ3v) is 3.95. The van der Waals surface area contributed by atoms with Gasteiger partial charge in [0.15, 0.2) is 0 Å². The number of hydrogen-bond acceptors (Lipinski definition) is 4. The first kappa shape index (κ1) is 18.2. The summed E-state index contributed by atoms with van der Waals surface area (Å²) in [6.07, 6.45) is 1.90. The van der Waals surface area contributed by atoms with E-state index in [1.807, 2.05) is 20.8 Å². The SMILES string of the molecule is C=CCn1c(=O)n(C)c(=O)n(CC(O)CC(C)(C)CC)c1=O. The van der Waals surface area contributed by atoms with E-state index in [-0.39, 0.29) is 18.5 Å². The van der Waals surface area contributed by atoms with Gasteiger partial charge in [-0.1, -0.05) is 33.3 Å². The molecule has 0 aliphatic rings. The predicted octanol–water partition coefficient (Wildman–Crippen LogP) is 0.0819. The van der Waals surface area contributed by atoms with Crippen LogP contribution in [0.1, 0.15) is 33.6 Å². The molecule has 0 aliphatic heterocycles. The van der Waals surface area contributed by atoms with Crippen LogP contribution in [-0.2, 0) is 20.1 Å². The number of allylic oxidation sites excluding steroid dienone is 1. The summed E-state index contributed by atoms with van der Waals surface area (Å²) in [5.41, 5.74) is -2.22. The number of nitrogens with zero attached hydrogens (tertiary/aromatic N) is 3. The molecule has 0 aromatic carbocycles. The summed E-state index contributed by atoms with van der Waals surface area (Å²) in [5, 5.41) is 10.2. The maximum absolute atomic E-state index is 12.3. The minimum Gasteiger partial charge on any atom is -0.391 e. The Morgan fingerprint density at radius 3 is 2.23 bits per heavy atom. The summed E-state index contributed by atoms with van der Waals surface area (Å²) < 4.78 is 2.69. The summed E-state index contributed by atoms with van der Waals surface area (Å²) in [4.78, 5) is 36.3. The van der Waals surface area contributed by atoms with E-state index in [1.165, 1.54) is 13.1 Å². The summed E-state index contributed by atoms with van der Waals surface area (Å²) in [5.74, 6) is 0. The van der Waals surface area contributed by atoms with Crippen LogP contribution in [0.15, 0.2) is 27.0 Å². The van der Waals surface area contributed by atoms with E-state index in [2.05, 4.69) is 6.58 Å². The van der Waals surface area contributed by atoms with Crippen molar-refractivity contribution < 1.29 is 5.11 Å². The van der Waals surface area contributed by atoms with Crippen LogP contribution in [0.5, 0.6) is 0 Å². The van der Waals surface area contributed by atoms with Crippen LogP contribution in [0, 0.1) is 5.41 Å². The summed E-state index contributed by atoms with van der Waals surface area (Å²) in [7, 11) is 1.31. The molecule has 7 heteroatoms. The van der Waals surface area contributed by atoms with E-state index in [0.717, 1.165) is 20.1 Å². The van der Waals surface area contributed by atoms with Crippen molar-refractivity contribution in [2.45, 2.75) is 52.8 Å². The van der Waals surface area contributed by atoms with Crippen molar-refractivity contribution in [1.82, 2.24) is 13.7 Å². The fourth-order valence-electron chi connectivity index (χ4n) is 2.25. The van der Waals surface area contributed by atoms with E-state index in [1.54, 1.807) is 0 Å². The number of hydrogen-bond donors (Lipinski definition) is 1. The van der Waals surface area contributed by atoms with Gasteiger partial charge in [0.25, 0.3) is 0 Å². The van der Waals surface area contributed by atoms with Crippen molar-refractivity contribution in [1.29, 1.82) is 0 Å². The zero-order chi connectivity index (χ0) is 17.1. The lowest BCUT2D eigenvalue weighted by Crippen LogP contribution is -2.54. The molecule has 0 saturated heterocycles. The molecule has 1 unspecified atom stereocenters. The van der Waals surface area contributed by atoms with Crippen molar-refractivity contribution in [2.24, 2.45) is 12.5 Å². The first-order valence-corrected chi connectivity index (χ1v) is 7.34. The first-order valence-electron chi connectivity index (χ1n) is 7.34. The second-order valence-corrected chi connectivity index (χ2v) is 6.29. The largest absolute Gasteiger partial charge is 0.391 e. The van der Waals surface area contributed by atoms with Crippen molar-refractivity contribution in [3.05, 3.63) is 44.1 Å². The molecule has 1 aromatic heterocycles. The Kier molecular flexibility index (Phi) is 5.71. The lowest BCUT2D eigenvalue weighted by Gasteiger charge is -2.26. The van der Waals surface area contributed by atoms with Crippen LogP contribution in [0.4, 0.5) is 0 Å². The van der Waals surface area contributed by atoms with Gasteiger partial charge < -0.3 is 5.11 Å². The highest BCUT2D eigenvalue weighted by Crippen LogP contribution is 2.26. The number of aliphatic hydroxyl groups excluding tert-OH is 1. The molecule has 124 valence electrons. The molecule has 0 aliphatic carbocycles. The molecule has 0 amide bonds. The van der Waals surface area contributed by atoms with E-state index in [0.29, 0.717) is 6.42 Å². The van der Waals surface area contributed by atoms with Gasteiger partial charge in [-0.25, -0.2) is 28.1 Å². The number of rotatable bonds is 7. The molecule has 1 rings (SSSR count). The number of aromatic nitrogens is 3. The molecular weight excluding hydrogens is 286 g/mol. The van der Waals surface area contributed by atoms with Crippen molar-refractivity contribution >= 4 is 0 Å². The molecule has 0 spiro atoms. The second-order valence-electron chi connectivity index (χ2n) is 6.29. The Hall–Kier alpha value is -1.89. The van der Waals surface area contributed by atoms with Crippen molar-refractivity contribution in [2.75, 3.05) is 0 Å². The van der Waals surface area contributed by atoms with Crippen LogP contribution in [-0.4, -0.2) is 24.9 Å². The molecule has 1 heterocycles. The topological polar surface area (TPSA) is 86.2 Å². The summed E-state index contributed by atoms with van der Waals surface area (Å²) in [6.45, 7) is 9.41. The van der Waals surface area contributed by atoms with Crippen LogP contribution < -0.4 is 17.1 Å². The quantitative estimate of drug-likeness (QED) is 0.723. The van der Waals surface area contributed by atoms with Gasteiger partial charge in [-0.2, -0.15) is 0 Å². The van der Waals surface area contributed by atoms with Crippen molar-refractivity contribution in [3.63, 3.8) is 0 Å². The molecule has 0 bridgehead atoms. The van der Waals surface area contributed by atoms with E-state index < -0.39 is 23.2 Å². The molecule has 1 atom stereocenters. The zero-order valence-electron chi connectivity index (χ0n) is 13.7. The highest BCUT2D eigenvalue weighted by molar-refractivity contribution is 4.82. The molecular formula is C15H25N3O4.